The molecule has 0 aromatic rings. The quantitative estimate of drug-likeness (QED) is 0.487. The highest BCUT2D eigenvalue weighted by atomic mass is 16.5. The molecule has 4 N–H and O–H groups in total. The Morgan fingerprint density at radius 3 is 2.29 bits per heavy atom. The van der Waals surface area contributed by atoms with Gasteiger partial charge in [0.1, 0.15) is 12.6 Å². The summed E-state index contributed by atoms with van der Waals surface area (Å²) < 4.78 is 4.38. The number of methoxy groups -OCH3 is 1. The van der Waals surface area contributed by atoms with E-state index in [1.807, 2.05) is 0 Å². The van der Waals surface area contributed by atoms with Crippen LogP contribution in [0.25, 0.3) is 0 Å². The Morgan fingerprint density at radius 1 is 1.29 bits per heavy atom. The summed E-state index contributed by atoms with van der Waals surface area (Å²) >= 11 is 0. The van der Waals surface area contributed by atoms with Gasteiger partial charge in [-0.1, -0.05) is 13.8 Å². The number of carbonyl (C=O) groups is 3. The molecule has 0 spiro atoms. The minimum Gasteiger partial charge on any atom is -0.468 e. The molecule has 0 aromatic carbocycles. The molecule has 17 heavy (non-hydrogen) atoms. The van der Waals surface area contributed by atoms with Crippen LogP contribution in [0.1, 0.15) is 13.8 Å². The van der Waals surface area contributed by atoms with Crippen LogP contribution >= 0.6 is 0 Å². The molecule has 0 bridgehead atoms. The van der Waals surface area contributed by atoms with Gasteiger partial charge in [-0.2, -0.15) is 0 Å². The first-order chi connectivity index (χ1) is 7.92. The molecule has 0 heterocycles. The molecule has 0 rings (SSSR count). The fraction of sp³-hybridized carbons (Fsp3) is 0.700. The lowest BCUT2D eigenvalue weighted by Gasteiger charge is -2.21. The summed E-state index contributed by atoms with van der Waals surface area (Å²) in [6, 6.07) is -0.712. The summed E-state index contributed by atoms with van der Waals surface area (Å²) in [5, 5.41) is 4.85. The maximum atomic E-state index is 11.7. The van der Waals surface area contributed by atoms with Crippen molar-refractivity contribution in [3.63, 3.8) is 0 Å². The number of nitrogens with one attached hydrogen (secondary N) is 2. The standard InChI is InChI=1S/C10H19N3O4/c1-6(2)9(13-7(14)4-11)10(16)12-5-8(15)17-3/h6,9H,4-5,11H2,1-3H3,(H,12,16)(H,13,14). The van der Waals surface area contributed by atoms with Gasteiger partial charge in [-0.15, -0.1) is 0 Å². The zero-order chi connectivity index (χ0) is 13.4. The van der Waals surface area contributed by atoms with Crippen LogP contribution in [0.3, 0.4) is 0 Å². The molecule has 0 aliphatic rings. The lowest BCUT2D eigenvalue weighted by Crippen LogP contribution is -2.51. The molecule has 0 aliphatic heterocycles. The van der Waals surface area contributed by atoms with Gasteiger partial charge in [0.15, 0.2) is 0 Å². The van der Waals surface area contributed by atoms with Gasteiger partial charge in [0, 0.05) is 0 Å². The van der Waals surface area contributed by atoms with Crippen molar-refractivity contribution >= 4 is 17.8 Å². The molecular formula is C10H19N3O4. The molecule has 0 saturated heterocycles. The maximum absolute atomic E-state index is 11.7. The second-order valence-electron chi connectivity index (χ2n) is 3.79. The predicted octanol–water partition coefficient (Wildman–Crippen LogP) is -1.62. The van der Waals surface area contributed by atoms with Crippen LogP contribution in [-0.4, -0.2) is 44.0 Å². The fourth-order valence-electron chi connectivity index (χ4n) is 1.11. The van der Waals surface area contributed by atoms with E-state index in [9.17, 15) is 14.4 Å². The van der Waals surface area contributed by atoms with Crippen LogP contribution < -0.4 is 16.4 Å². The van der Waals surface area contributed by atoms with Crippen molar-refractivity contribution in [2.24, 2.45) is 11.7 Å². The molecule has 0 saturated carbocycles. The molecule has 7 nitrogen and oxygen atoms in total. The molecule has 98 valence electrons. The zero-order valence-corrected chi connectivity index (χ0v) is 10.3. The molecule has 0 aliphatic carbocycles. The number of carbonyl (C=O) groups excluding carboxylic acids is 3. The van der Waals surface area contributed by atoms with E-state index in [4.69, 9.17) is 5.73 Å². The highest BCUT2D eigenvalue weighted by molar-refractivity contribution is 5.90. The zero-order valence-electron chi connectivity index (χ0n) is 10.3. The van der Waals surface area contributed by atoms with Gasteiger partial charge >= 0.3 is 5.97 Å². The Balaban J connectivity index is 4.35. The average molecular weight is 245 g/mol. The molecular weight excluding hydrogens is 226 g/mol. The van der Waals surface area contributed by atoms with Crippen molar-refractivity contribution in [2.45, 2.75) is 19.9 Å². The number of esters is 1. The van der Waals surface area contributed by atoms with Gasteiger partial charge in [-0.3, -0.25) is 14.4 Å². The van der Waals surface area contributed by atoms with Crippen molar-refractivity contribution in [1.82, 2.24) is 10.6 Å². The van der Waals surface area contributed by atoms with Crippen molar-refractivity contribution in [1.29, 1.82) is 0 Å². The van der Waals surface area contributed by atoms with Crippen molar-refractivity contribution in [2.75, 3.05) is 20.2 Å². The lowest BCUT2D eigenvalue weighted by atomic mass is 10.0. The second kappa shape index (κ2) is 7.61. The summed E-state index contributed by atoms with van der Waals surface area (Å²) in [6.45, 7) is 3.14. The van der Waals surface area contributed by atoms with Crippen molar-refractivity contribution in [3.05, 3.63) is 0 Å². The Morgan fingerprint density at radius 2 is 1.88 bits per heavy atom. The first kappa shape index (κ1) is 15.4. The van der Waals surface area contributed by atoms with Crippen LogP contribution in [0, 0.1) is 5.92 Å². The van der Waals surface area contributed by atoms with E-state index < -0.39 is 23.8 Å². The van der Waals surface area contributed by atoms with Crippen LogP contribution in [0.4, 0.5) is 0 Å². The highest BCUT2D eigenvalue weighted by Crippen LogP contribution is 2.01. The third-order valence-electron chi connectivity index (χ3n) is 2.09. The number of hydrogen-bond donors (Lipinski definition) is 3. The molecule has 0 fully saturated rings. The van der Waals surface area contributed by atoms with Gasteiger partial charge in [-0.25, -0.2) is 0 Å². The Bertz CT molecular complexity index is 291. The van der Waals surface area contributed by atoms with E-state index in [-0.39, 0.29) is 19.0 Å². The van der Waals surface area contributed by atoms with Gasteiger partial charge in [0.2, 0.25) is 11.8 Å². The van der Waals surface area contributed by atoms with Gasteiger partial charge in [0.05, 0.1) is 13.7 Å². The van der Waals surface area contributed by atoms with E-state index in [0.717, 1.165) is 0 Å². The van der Waals surface area contributed by atoms with Gasteiger partial charge in [0.25, 0.3) is 0 Å². The minimum atomic E-state index is -0.712. The maximum Gasteiger partial charge on any atom is 0.325 e. The topological polar surface area (TPSA) is 111 Å². The molecule has 2 amide bonds. The van der Waals surface area contributed by atoms with E-state index in [1.165, 1.54) is 7.11 Å². The number of hydrogen-bond acceptors (Lipinski definition) is 5. The first-order valence-electron chi connectivity index (χ1n) is 5.26. The van der Waals surface area contributed by atoms with Crippen LogP contribution in [0.15, 0.2) is 0 Å². The van der Waals surface area contributed by atoms with Gasteiger partial charge in [-0.05, 0) is 5.92 Å². The monoisotopic (exact) mass is 245 g/mol. The Hall–Kier alpha value is -1.63. The van der Waals surface area contributed by atoms with Crippen LogP contribution in [0.5, 0.6) is 0 Å². The molecule has 0 aromatic heterocycles. The number of nitrogens with two attached hydrogens (primary N) is 1. The minimum absolute atomic E-state index is 0.108. The third kappa shape index (κ3) is 5.86. The smallest absolute Gasteiger partial charge is 0.325 e. The molecule has 7 heteroatoms. The third-order valence-corrected chi connectivity index (χ3v) is 2.09. The summed E-state index contributed by atoms with van der Waals surface area (Å²) in [5.41, 5.74) is 5.15. The van der Waals surface area contributed by atoms with Gasteiger partial charge < -0.3 is 21.1 Å². The number of amides is 2. The number of ether oxygens (including phenoxy) is 1. The normalized spacial score (nSPS) is 11.8. The van der Waals surface area contributed by atoms with E-state index in [2.05, 4.69) is 15.4 Å². The van der Waals surface area contributed by atoms with E-state index in [1.54, 1.807) is 13.8 Å². The summed E-state index contributed by atoms with van der Waals surface area (Å²) in [5.74, 6) is -1.52. The van der Waals surface area contributed by atoms with Crippen LogP contribution in [0.2, 0.25) is 0 Å². The average Bonchev–Trinajstić information content (AvgIpc) is 2.31. The highest BCUT2D eigenvalue weighted by Gasteiger charge is 2.23. The first-order valence-corrected chi connectivity index (χ1v) is 5.26. The van der Waals surface area contributed by atoms with E-state index >= 15 is 0 Å². The summed E-state index contributed by atoms with van der Waals surface area (Å²) in [7, 11) is 1.23. The summed E-state index contributed by atoms with van der Waals surface area (Å²) in [4.78, 5) is 33.6. The van der Waals surface area contributed by atoms with E-state index in [0.29, 0.717) is 0 Å². The summed E-state index contributed by atoms with van der Waals surface area (Å²) in [6.07, 6.45) is 0. The molecule has 0 radical (unpaired) electrons. The van der Waals surface area contributed by atoms with Crippen LogP contribution in [-0.2, 0) is 19.1 Å². The number of rotatable bonds is 6. The fourth-order valence-corrected chi connectivity index (χ4v) is 1.11. The SMILES string of the molecule is COC(=O)CNC(=O)C(NC(=O)CN)C(C)C. The molecule has 1 atom stereocenters. The second-order valence-corrected chi connectivity index (χ2v) is 3.79. The Labute approximate surface area is 100 Å². The molecule has 1 unspecified atom stereocenters. The lowest BCUT2D eigenvalue weighted by molar-refractivity contribution is -0.141. The van der Waals surface area contributed by atoms with Crippen molar-refractivity contribution in [3.8, 4) is 0 Å². The largest absolute Gasteiger partial charge is 0.468 e. The van der Waals surface area contributed by atoms with Crippen molar-refractivity contribution < 1.29 is 19.1 Å². The predicted molar refractivity (Wildman–Crippen MR) is 60.8 cm³/mol. The Kier molecular flexibility index (Phi) is 6.88.